The number of nitrogens with one attached hydrogen (secondary N) is 2. The van der Waals surface area contributed by atoms with Gasteiger partial charge in [0.2, 0.25) is 0 Å². The van der Waals surface area contributed by atoms with Crippen LogP contribution in [0, 0.1) is 3.57 Å². The Labute approximate surface area is 147 Å². The Bertz CT molecular complexity index is 804. The summed E-state index contributed by atoms with van der Waals surface area (Å²) in [6.07, 6.45) is 1.23. The van der Waals surface area contributed by atoms with Crippen molar-refractivity contribution in [1.29, 1.82) is 0 Å². The Kier molecular flexibility index (Phi) is 5.35. The SMILES string of the molecule is COC(=O)c1c[nH]c(=O)c(NC(=O)c2cc(Br)ccc2I)c1. The van der Waals surface area contributed by atoms with E-state index < -0.39 is 17.4 Å². The van der Waals surface area contributed by atoms with Crippen molar-refractivity contribution < 1.29 is 14.3 Å². The first-order valence-corrected chi connectivity index (χ1v) is 7.87. The van der Waals surface area contributed by atoms with Gasteiger partial charge in [0.25, 0.3) is 11.5 Å². The van der Waals surface area contributed by atoms with Crippen LogP contribution in [0.5, 0.6) is 0 Å². The second-order valence-electron chi connectivity index (χ2n) is 4.20. The third-order valence-corrected chi connectivity index (χ3v) is 4.18. The molecule has 2 N–H and O–H groups in total. The second-order valence-corrected chi connectivity index (χ2v) is 6.28. The molecule has 0 aliphatic rings. The third kappa shape index (κ3) is 3.74. The monoisotopic (exact) mass is 476 g/mol. The van der Waals surface area contributed by atoms with Gasteiger partial charge in [-0.25, -0.2) is 4.79 Å². The molecule has 0 saturated carbocycles. The van der Waals surface area contributed by atoms with Gasteiger partial charge in [0.1, 0.15) is 5.69 Å². The van der Waals surface area contributed by atoms with Crippen molar-refractivity contribution in [3.05, 3.63) is 60.0 Å². The largest absolute Gasteiger partial charge is 0.465 e. The van der Waals surface area contributed by atoms with Crippen LogP contribution in [0.25, 0.3) is 0 Å². The third-order valence-electron chi connectivity index (χ3n) is 2.75. The molecule has 1 amide bonds. The van der Waals surface area contributed by atoms with Gasteiger partial charge in [0.05, 0.1) is 18.2 Å². The maximum Gasteiger partial charge on any atom is 0.339 e. The second kappa shape index (κ2) is 7.05. The zero-order valence-electron chi connectivity index (χ0n) is 11.3. The molecule has 8 heteroatoms. The van der Waals surface area contributed by atoms with E-state index in [1.165, 1.54) is 19.4 Å². The van der Waals surface area contributed by atoms with E-state index in [1.54, 1.807) is 12.1 Å². The Morgan fingerprint density at radius 1 is 1.32 bits per heavy atom. The van der Waals surface area contributed by atoms with Crippen LogP contribution in [0.1, 0.15) is 20.7 Å². The molecule has 1 aromatic heterocycles. The highest BCUT2D eigenvalue weighted by Crippen LogP contribution is 2.19. The Hall–Kier alpha value is -1.68. The number of carbonyl (C=O) groups is 2. The van der Waals surface area contributed by atoms with Crippen molar-refractivity contribution >= 4 is 56.1 Å². The van der Waals surface area contributed by atoms with Crippen LogP contribution in [0.3, 0.4) is 0 Å². The quantitative estimate of drug-likeness (QED) is 0.526. The van der Waals surface area contributed by atoms with Crippen LogP contribution in [0.15, 0.2) is 39.7 Å². The zero-order valence-corrected chi connectivity index (χ0v) is 15.0. The highest BCUT2D eigenvalue weighted by molar-refractivity contribution is 14.1. The first-order valence-electron chi connectivity index (χ1n) is 6.00. The maximum absolute atomic E-state index is 12.3. The smallest absolute Gasteiger partial charge is 0.339 e. The minimum absolute atomic E-state index is 0.0244. The number of amides is 1. The summed E-state index contributed by atoms with van der Waals surface area (Å²) in [5, 5.41) is 2.50. The van der Waals surface area contributed by atoms with E-state index in [4.69, 9.17) is 0 Å². The lowest BCUT2D eigenvalue weighted by Gasteiger charge is -2.08. The number of rotatable bonds is 3. The molecule has 0 radical (unpaired) electrons. The summed E-state index contributed by atoms with van der Waals surface area (Å²) < 4.78 is 6.06. The number of anilines is 1. The minimum atomic E-state index is -0.608. The molecule has 1 heterocycles. The van der Waals surface area contributed by atoms with Crippen LogP contribution in [-0.4, -0.2) is 24.0 Å². The lowest BCUT2D eigenvalue weighted by atomic mass is 10.2. The van der Waals surface area contributed by atoms with Crippen LogP contribution >= 0.6 is 38.5 Å². The summed E-state index contributed by atoms with van der Waals surface area (Å²) in [5.74, 6) is -1.05. The molecule has 1 aromatic carbocycles. The van der Waals surface area contributed by atoms with E-state index in [0.717, 1.165) is 8.04 Å². The molecule has 0 unspecified atom stereocenters. The van der Waals surface area contributed by atoms with E-state index in [2.05, 4.69) is 31.0 Å². The molecule has 0 spiro atoms. The highest BCUT2D eigenvalue weighted by atomic mass is 127. The van der Waals surface area contributed by atoms with Crippen molar-refractivity contribution in [1.82, 2.24) is 4.98 Å². The molecule has 2 aromatic rings. The number of ether oxygens (including phenoxy) is 1. The molecule has 0 atom stereocenters. The maximum atomic E-state index is 12.3. The van der Waals surface area contributed by atoms with Crippen molar-refractivity contribution in [2.24, 2.45) is 0 Å². The van der Waals surface area contributed by atoms with Gasteiger partial charge in [-0.05, 0) is 46.9 Å². The van der Waals surface area contributed by atoms with Gasteiger partial charge >= 0.3 is 5.97 Å². The number of H-pyrrole nitrogens is 1. The Morgan fingerprint density at radius 3 is 2.73 bits per heavy atom. The number of carbonyl (C=O) groups excluding carboxylic acids is 2. The topological polar surface area (TPSA) is 88.3 Å². The van der Waals surface area contributed by atoms with E-state index in [0.29, 0.717) is 5.56 Å². The van der Waals surface area contributed by atoms with Gasteiger partial charge in [-0.2, -0.15) is 0 Å². The summed E-state index contributed by atoms with van der Waals surface area (Å²) in [6.45, 7) is 0. The van der Waals surface area contributed by atoms with Gasteiger partial charge in [-0.3, -0.25) is 9.59 Å². The summed E-state index contributed by atoms with van der Waals surface area (Å²) in [6, 6.07) is 6.50. The van der Waals surface area contributed by atoms with Crippen molar-refractivity contribution in [3.63, 3.8) is 0 Å². The van der Waals surface area contributed by atoms with Crippen molar-refractivity contribution in [2.75, 3.05) is 12.4 Å². The number of esters is 1. The van der Waals surface area contributed by atoms with Gasteiger partial charge < -0.3 is 15.0 Å². The van der Waals surface area contributed by atoms with Gasteiger partial charge in [0, 0.05) is 14.2 Å². The summed E-state index contributed by atoms with van der Waals surface area (Å²) in [4.78, 5) is 37.9. The van der Waals surface area contributed by atoms with E-state index in [1.807, 2.05) is 28.7 Å². The molecule has 114 valence electrons. The number of benzene rings is 1. The Balaban J connectivity index is 2.34. The fourth-order valence-corrected chi connectivity index (χ4v) is 2.61. The first kappa shape index (κ1) is 16.7. The fraction of sp³-hybridized carbons (Fsp3) is 0.0714. The van der Waals surface area contributed by atoms with Crippen LogP contribution in [0.4, 0.5) is 5.69 Å². The van der Waals surface area contributed by atoms with E-state index >= 15 is 0 Å². The minimum Gasteiger partial charge on any atom is -0.465 e. The standard InChI is InChI=1S/C14H10BrIN2O4/c1-22-14(21)7-4-11(13(20)17-6-7)18-12(19)9-5-8(15)2-3-10(9)16/h2-6H,1H3,(H,17,20)(H,18,19). The lowest BCUT2D eigenvalue weighted by molar-refractivity contribution is 0.0600. The predicted octanol–water partition coefficient (Wildman–Crippen LogP) is 2.78. The number of halogens is 2. The molecular formula is C14H10BrIN2O4. The van der Waals surface area contributed by atoms with E-state index in [9.17, 15) is 14.4 Å². The van der Waals surface area contributed by atoms with Gasteiger partial charge in [-0.1, -0.05) is 15.9 Å². The van der Waals surface area contributed by atoms with Crippen LogP contribution in [-0.2, 0) is 4.74 Å². The fourth-order valence-electron chi connectivity index (χ4n) is 1.67. The molecule has 0 aliphatic carbocycles. The average molecular weight is 477 g/mol. The average Bonchev–Trinajstić information content (AvgIpc) is 2.50. The van der Waals surface area contributed by atoms with Crippen molar-refractivity contribution in [2.45, 2.75) is 0 Å². The molecule has 0 saturated heterocycles. The first-order chi connectivity index (χ1) is 10.4. The summed E-state index contributed by atoms with van der Waals surface area (Å²) >= 11 is 5.32. The number of aromatic nitrogens is 1. The molecule has 22 heavy (non-hydrogen) atoms. The number of pyridine rings is 1. The van der Waals surface area contributed by atoms with Crippen LogP contribution < -0.4 is 10.9 Å². The molecule has 0 fully saturated rings. The van der Waals surface area contributed by atoms with Crippen molar-refractivity contribution in [3.8, 4) is 0 Å². The molecule has 0 aliphatic heterocycles. The normalized spacial score (nSPS) is 10.1. The number of methoxy groups -OCH3 is 1. The molecular weight excluding hydrogens is 467 g/mol. The van der Waals surface area contributed by atoms with Gasteiger partial charge in [-0.15, -0.1) is 0 Å². The summed E-state index contributed by atoms with van der Waals surface area (Å²) in [7, 11) is 1.23. The number of hydrogen-bond donors (Lipinski definition) is 2. The molecule has 6 nitrogen and oxygen atoms in total. The molecule has 0 bridgehead atoms. The van der Waals surface area contributed by atoms with Gasteiger partial charge in [0.15, 0.2) is 0 Å². The molecule has 2 rings (SSSR count). The summed E-state index contributed by atoms with van der Waals surface area (Å²) in [5.41, 5.74) is 0.0221. The lowest BCUT2D eigenvalue weighted by Crippen LogP contribution is -2.21. The Morgan fingerprint density at radius 2 is 2.05 bits per heavy atom. The van der Waals surface area contributed by atoms with Crippen LogP contribution in [0.2, 0.25) is 0 Å². The number of hydrogen-bond acceptors (Lipinski definition) is 4. The number of aromatic amines is 1. The highest BCUT2D eigenvalue weighted by Gasteiger charge is 2.14. The zero-order chi connectivity index (χ0) is 16.3. The van der Waals surface area contributed by atoms with E-state index in [-0.39, 0.29) is 11.3 Å². The predicted molar refractivity (Wildman–Crippen MR) is 93.2 cm³/mol.